The number of nitrogens with zero attached hydrogens (tertiary/aromatic N) is 1. The van der Waals surface area contributed by atoms with E-state index in [-0.39, 0.29) is 6.04 Å². The second-order valence-corrected chi connectivity index (χ2v) is 5.73. The number of methoxy groups -OCH3 is 1. The lowest BCUT2D eigenvalue weighted by Crippen LogP contribution is -2.53. The summed E-state index contributed by atoms with van der Waals surface area (Å²) in [6, 6.07) is 7.55. The van der Waals surface area contributed by atoms with Gasteiger partial charge in [-0.3, -0.25) is 4.90 Å². The van der Waals surface area contributed by atoms with E-state index in [0.29, 0.717) is 6.42 Å². The molecule has 0 aromatic heterocycles. The smallest absolute Gasteiger partial charge is 0.410 e. The van der Waals surface area contributed by atoms with Crippen molar-refractivity contribution in [1.29, 1.82) is 0 Å². The molecule has 1 aromatic carbocycles. The molecule has 0 aliphatic carbocycles. The highest BCUT2D eigenvalue weighted by molar-refractivity contribution is 14.1. The van der Waals surface area contributed by atoms with Crippen LogP contribution in [-0.4, -0.2) is 29.3 Å². The summed E-state index contributed by atoms with van der Waals surface area (Å²) in [6.45, 7) is 5.64. The average Bonchev–Trinajstić information content (AvgIpc) is 2.35. The van der Waals surface area contributed by atoms with Gasteiger partial charge in [-0.2, -0.15) is 0 Å². The lowest BCUT2D eigenvalue weighted by Gasteiger charge is -2.43. The molecule has 4 nitrogen and oxygen atoms in total. The Morgan fingerprint density at radius 1 is 1.47 bits per heavy atom. The topological polar surface area (TPSA) is 49.8 Å². The summed E-state index contributed by atoms with van der Waals surface area (Å²) in [5, 5.41) is 9.54. The van der Waals surface area contributed by atoms with E-state index < -0.39 is 11.8 Å². The largest absolute Gasteiger partial charge is 0.465 e. The normalized spacial score (nSPS) is 14.2. The quantitative estimate of drug-likeness (QED) is 0.626. The first kappa shape index (κ1) is 16.2. The number of ether oxygens (including phenoxy) is 1. The Morgan fingerprint density at radius 3 is 2.42 bits per heavy atom. The van der Waals surface area contributed by atoms with Crippen LogP contribution in [0.2, 0.25) is 0 Å². The van der Waals surface area contributed by atoms with Crippen molar-refractivity contribution in [1.82, 2.24) is 4.90 Å². The molecule has 1 N–H and O–H groups in total. The number of halogens is 1. The second-order valence-electron chi connectivity index (χ2n) is 4.57. The van der Waals surface area contributed by atoms with Crippen molar-refractivity contribution in [2.75, 3.05) is 7.11 Å². The Morgan fingerprint density at radius 2 is 2.05 bits per heavy atom. The summed E-state index contributed by atoms with van der Waals surface area (Å²) >= 11 is 2.21. The van der Waals surface area contributed by atoms with E-state index in [1.165, 1.54) is 4.90 Å². The monoisotopic (exact) mass is 377 g/mol. The molecule has 1 amide bonds. The van der Waals surface area contributed by atoms with Gasteiger partial charge in [0.1, 0.15) is 0 Å². The SMILES string of the molecule is CC[C@@](OC)(c1ccccc1I)N(C(=O)O)C(C)C. The van der Waals surface area contributed by atoms with Gasteiger partial charge in [-0.1, -0.05) is 25.1 Å². The molecule has 0 radical (unpaired) electrons. The lowest BCUT2D eigenvalue weighted by molar-refractivity contribution is -0.142. The third-order valence-corrected chi connectivity index (χ3v) is 4.16. The predicted molar refractivity (Wildman–Crippen MR) is 83.1 cm³/mol. The average molecular weight is 377 g/mol. The zero-order valence-electron chi connectivity index (χ0n) is 11.7. The van der Waals surface area contributed by atoms with Crippen molar-refractivity contribution < 1.29 is 14.6 Å². The maximum absolute atomic E-state index is 11.6. The fourth-order valence-corrected chi connectivity index (χ4v) is 3.22. The number of hydrogen-bond acceptors (Lipinski definition) is 2. The standard InChI is InChI=1S/C14H20INO3/c1-5-14(19-4,16(10(2)3)13(17)18)11-8-6-7-9-12(11)15/h6-10H,5H2,1-4H3,(H,17,18)/t14-/m1/s1. The number of hydrogen-bond donors (Lipinski definition) is 1. The van der Waals surface area contributed by atoms with Crippen molar-refractivity contribution >= 4 is 28.7 Å². The minimum absolute atomic E-state index is 0.173. The van der Waals surface area contributed by atoms with E-state index in [4.69, 9.17) is 4.74 Å². The van der Waals surface area contributed by atoms with Crippen molar-refractivity contribution in [3.05, 3.63) is 33.4 Å². The minimum Gasteiger partial charge on any atom is -0.465 e. The van der Waals surface area contributed by atoms with Gasteiger partial charge in [0.15, 0.2) is 5.72 Å². The van der Waals surface area contributed by atoms with Crippen LogP contribution in [0, 0.1) is 3.57 Å². The van der Waals surface area contributed by atoms with E-state index in [1.54, 1.807) is 7.11 Å². The van der Waals surface area contributed by atoms with E-state index >= 15 is 0 Å². The Kier molecular flexibility index (Phi) is 5.61. The van der Waals surface area contributed by atoms with Gasteiger partial charge in [0.2, 0.25) is 0 Å². The fourth-order valence-electron chi connectivity index (χ4n) is 2.41. The van der Waals surface area contributed by atoms with Crippen LogP contribution >= 0.6 is 22.6 Å². The summed E-state index contributed by atoms with van der Waals surface area (Å²) < 4.78 is 6.68. The highest BCUT2D eigenvalue weighted by Gasteiger charge is 2.43. The number of amides is 1. The summed E-state index contributed by atoms with van der Waals surface area (Å²) in [5.41, 5.74) is -0.0608. The molecule has 1 rings (SSSR count). The number of benzene rings is 1. The van der Waals surface area contributed by atoms with Gasteiger partial charge in [-0.25, -0.2) is 4.79 Å². The molecule has 0 saturated carbocycles. The summed E-state index contributed by atoms with van der Waals surface area (Å²) in [6.07, 6.45) is -0.424. The fraction of sp³-hybridized carbons (Fsp3) is 0.500. The summed E-state index contributed by atoms with van der Waals surface area (Å²) in [7, 11) is 1.56. The van der Waals surface area contributed by atoms with Gasteiger partial charge in [0.25, 0.3) is 0 Å². The van der Waals surface area contributed by atoms with Crippen molar-refractivity contribution in [2.45, 2.75) is 39.0 Å². The first-order chi connectivity index (χ1) is 8.90. The molecule has 0 fully saturated rings. The van der Waals surface area contributed by atoms with Crippen LogP contribution in [0.5, 0.6) is 0 Å². The van der Waals surface area contributed by atoms with Crippen LogP contribution in [0.25, 0.3) is 0 Å². The molecule has 0 aliphatic heterocycles. The zero-order valence-corrected chi connectivity index (χ0v) is 13.8. The van der Waals surface area contributed by atoms with E-state index in [1.807, 2.05) is 45.0 Å². The van der Waals surface area contributed by atoms with Gasteiger partial charge in [0, 0.05) is 22.3 Å². The van der Waals surface area contributed by atoms with Crippen LogP contribution < -0.4 is 0 Å². The van der Waals surface area contributed by atoms with Gasteiger partial charge < -0.3 is 9.84 Å². The molecule has 0 unspecified atom stereocenters. The molecule has 0 aliphatic rings. The molecule has 0 saturated heterocycles. The molecule has 19 heavy (non-hydrogen) atoms. The maximum Gasteiger partial charge on any atom is 0.410 e. The van der Waals surface area contributed by atoms with E-state index in [9.17, 15) is 9.90 Å². The predicted octanol–water partition coefficient (Wildman–Crippen LogP) is 3.89. The first-order valence-corrected chi connectivity index (χ1v) is 7.31. The van der Waals surface area contributed by atoms with E-state index in [0.717, 1.165) is 9.13 Å². The first-order valence-electron chi connectivity index (χ1n) is 6.23. The third kappa shape index (κ3) is 3.02. The molecular weight excluding hydrogens is 357 g/mol. The van der Waals surface area contributed by atoms with Crippen molar-refractivity contribution in [3.8, 4) is 0 Å². The molecule has 0 bridgehead atoms. The molecule has 106 valence electrons. The highest BCUT2D eigenvalue weighted by atomic mass is 127. The molecule has 0 spiro atoms. The molecule has 0 heterocycles. The van der Waals surface area contributed by atoms with Crippen molar-refractivity contribution in [3.63, 3.8) is 0 Å². The van der Waals surface area contributed by atoms with Gasteiger partial charge in [-0.05, 0) is 48.9 Å². The van der Waals surface area contributed by atoms with Crippen LogP contribution in [0.3, 0.4) is 0 Å². The Balaban J connectivity index is 3.47. The number of rotatable bonds is 5. The van der Waals surface area contributed by atoms with Crippen LogP contribution in [0.1, 0.15) is 32.8 Å². The molecule has 5 heteroatoms. The number of carbonyl (C=O) groups is 1. The van der Waals surface area contributed by atoms with Crippen LogP contribution in [0.4, 0.5) is 4.79 Å². The van der Waals surface area contributed by atoms with Crippen LogP contribution in [0.15, 0.2) is 24.3 Å². The Hall–Kier alpha value is -0.820. The number of carboxylic acid groups (broad SMARTS) is 1. The lowest BCUT2D eigenvalue weighted by atomic mass is 9.96. The van der Waals surface area contributed by atoms with Crippen molar-refractivity contribution in [2.24, 2.45) is 0 Å². The van der Waals surface area contributed by atoms with Crippen LogP contribution in [-0.2, 0) is 10.5 Å². The highest BCUT2D eigenvalue weighted by Crippen LogP contribution is 2.37. The minimum atomic E-state index is -0.974. The zero-order chi connectivity index (χ0) is 14.6. The van der Waals surface area contributed by atoms with Gasteiger partial charge in [-0.15, -0.1) is 0 Å². The second kappa shape index (κ2) is 6.56. The van der Waals surface area contributed by atoms with Gasteiger partial charge in [0.05, 0.1) is 0 Å². The molecule has 1 aromatic rings. The molecule has 1 atom stereocenters. The third-order valence-electron chi connectivity index (χ3n) is 3.22. The van der Waals surface area contributed by atoms with Gasteiger partial charge >= 0.3 is 6.09 Å². The summed E-state index contributed by atoms with van der Waals surface area (Å²) in [5.74, 6) is 0. The Bertz CT molecular complexity index is 444. The summed E-state index contributed by atoms with van der Waals surface area (Å²) in [4.78, 5) is 13.0. The Labute approximate surface area is 127 Å². The van der Waals surface area contributed by atoms with E-state index in [2.05, 4.69) is 22.6 Å². The maximum atomic E-state index is 11.6. The molecular formula is C14H20INO3.